The topological polar surface area (TPSA) is 69.6 Å². The molecule has 1 unspecified atom stereocenters. The molecule has 0 amide bonds. The molecule has 0 saturated carbocycles. The van der Waals surface area contributed by atoms with Gasteiger partial charge in [-0.05, 0) is 36.6 Å². The molecular formula is C32H50N2O3S. The lowest BCUT2D eigenvalue weighted by Gasteiger charge is -2.27. The minimum atomic E-state index is -4.22. The average Bonchev–Trinajstić information content (AvgIpc) is 3.25. The van der Waals surface area contributed by atoms with Crippen LogP contribution in [0.2, 0.25) is 0 Å². The van der Waals surface area contributed by atoms with E-state index >= 15 is 0 Å². The number of fused-ring (bicyclic) bond motifs is 1. The van der Waals surface area contributed by atoms with Crippen LogP contribution >= 0.6 is 0 Å². The van der Waals surface area contributed by atoms with E-state index in [0.29, 0.717) is 0 Å². The van der Waals surface area contributed by atoms with Gasteiger partial charge in [0, 0.05) is 6.54 Å². The molecule has 2 aromatic rings. The third-order valence-electron chi connectivity index (χ3n) is 7.80. The summed E-state index contributed by atoms with van der Waals surface area (Å²) in [5.74, 6) is 0. The molecule has 3 rings (SSSR count). The number of nitrogens with one attached hydrogen (secondary N) is 1. The van der Waals surface area contributed by atoms with Gasteiger partial charge in [-0.3, -0.25) is 4.55 Å². The molecule has 0 spiro atoms. The molecule has 1 aliphatic rings. The smallest absolute Gasteiger partial charge is 0.294 e. The van der Waals surface area contributed by atoms with Crippen molar-refractivity contribution >= 4 is 21.5 Å². The number of hydrogen-bond donors (Lipinski definition) is 2. The van der Waals surface area contributed by atoms with Gasteiger partial charge in [-0.1, -0.05) is 134 Å². The lowest BCUT2D eigenvalue weighted by Crippen LogP contribution is -2.35. The summed E-state index contributed by atoms with van der Waals surface area (Å²) in [6, 6.07) is 15.2. The molecule has 1 aliphatic heterocycles. The fourth-order valence-electron chi connectivity index (χ4n) is 5.56. The standard InChI is InChI=1S/C32H50N2O3S/c1-2-3-4-5-6-7-8-9-10-11-12-13-14-15-16-20-23-32-33-30-26-29(38(35,36)37)24-25-31(30)34(32)27-28-21-18-17-19-22-28/h17-19,21-22,24-26,32-33H,2-16,20,23,27H2,1H3,(H,35,36,37). The number of anilines is 2. The van der Waals surface area contributed by atoms with Crippen LogP contribution in [0.5, 0.6) is 0 Å². The van der Waals surface area contributed by atoms with Crippen molar-refractivity contribution in [2.45, 2.75) is 134 Å². The molecule has 1 atom stereocenters. The van der Waals surface area contributed by atoms with Crippen LogP contribution in [0.25, 0.3) is 0 Å². The number of rotatable bonds is 20. The Kier molecular flexibility index (Phi) is 13.5. The quantitative estimate of drug-likeness (QED) is 0.129. The zero-order valence-electron chi connectivity index (χ0n) is 23.5. The predicted octanol–water partition coefficient (Wildman–Crippen LogP) is 9.34. The summed E-state index contributed by atoms with van der Waals surface area (Å²) in [7, 11) is -4.22. The molecule has 2 N–H and O–H groups in total. The first-order chi connectivity index (χ1) is 18.5. The molecule has 0 aliphatic carbocycles. The monoisotopic (exact) mass is 542 g/mol. The van der Waals surface area contributed by atoms with Crippen molar-refractivity contribution in [1.29, 1.82) is 0 Å². The van der Waals surface area contributed by atoms with E-state index in [0.717, 1.165) is 30.8 Å². The maximum absolute atomic E-state index is 11.6. The number of nitrogens with zero attached hydrogens (tertiary/aromatic N) is 1. The molecule has 0 aromatic heterocycles. The van der Waals surface area contributed by atoms with Crippen molar-refractivity contribution in [3.63, 3.8) is 0 Å². The van der Waals surface area contributed by atoms with Gasteiger partial charge >= 0.3 is 0 Å². The Balaban J connectivity index is 1.32. The van der Waals surface area contributed by atoms with Crippen LogP contribution < -0.4 is 10.2 Å². The highest BCUT2D eigenvalue weighted by Crippen LogP contribution is 2.38. The first kappa shape index (κ1) is 30.5. The maximum Gasteiger partial charge on any atom is 0.294 e. The number of hydrogen-bond acceptors (Lipinski definition) is 4. The normalized spacial score (nSPS) is 15.0. The van der Waals surface area contributed by atoms with Crippen molar-refractivity contribution in [2.75, 3.05) is 10.2 Å². The molecule has 5 nitrogen and oxygen atoms in total. The number of benzene rings is 2. The van der Waals surface area contributed by atoms with E-state index in [-0.39, 0.29) is 11.1 Å². The zero-order chi connectivity index (χ0) is 27.1. The van der Waals surface area contributed by atoms with Gasteiger partial charge in [0.15, 0.2) is 0 Å². The summed E-state index contributed by atoms with van der Waals surface area (Å²) in [5, 5.41) is 3.52. The summed E-state index contributed by atoms with van der Waals surface area (Å²) < 4.78 is 32.8. The zero-order valence-corrected chi connectivity index (χ0v) is 24.4. The van der Waals surface area contributed by atoms with Crippen LogP contribution in [-0.2, 0) is 16.7 Å². The van der Waals surface area contributed by atoms with Gasteiger partial charge in [-0.25, -0.2) is 0 Å². The summed E-state index contributed by atoms with van der Waals surface area (Å²) in [6.45, 7) is 3.04. The summed E-state index contributed by atoms with van der Waals surface area (Å²) in [6.07, 6.45) is 22.9. The van der Waals surface area contributed by atoms with Crippen LogP contribution in [0.3, 0.4) is 0 Å². The van der Waals surface area contributed by atoms with Gasteiger partial charge in [0.25, 0.3) is 10.1 Å². The van der Waals surface area contributed by atoms with E-state index in [1.165, 1.54) is 108 Å². The lowest BCUT2D eigenvalue weighted by atomic mass is 10.0. The minimum absolute atomic E-state index is 0.0635. The Morgan fingerprint density at radius 1 is 0.737 bits per heavy atom. The van der Waals surface area contributed by atoms with Crippen LogP contribution in [0.15, 0.2) is 53.4 Å². The molecular weight excluding hydrogens is 492 g/mol. The van der Waals surface area contributed by atoms with E-state index in [2.05, 4.69) is 29.3 Å². The van der Waals surface area contributed by atoms with E-state index < -0.39 is 10.1 Å². The molecule has 0 radical (unpaired) electrons. The van der Waals surface area contributed by atoms with Gasteiger partial charge in [0.05, 0.1) is 22.4 Å². The maximum atomic E-state index is 11.6. The molecule has 0 fully saturated rings. The highest BCUT2D eigenvalue weighted by Gasteiger charge is 2.29. The van der Waals surface area contributed by atoms with Gasteiger partial charge < -0.3 is 10.2 Å². The van der Waals surface area contributed by atoms with Crippen molar-refractivity contribution in [3.8, 4) is 0 Å². The van der Waals surface area contributed by atoms with Crippen LogP contribution in [0, 0.1) is 0 Å². The van der Waals surface area contributed by atoms with E-state index in [4.69, 9.17) is 0 Å². The van der Waals surface area contributed by atoms with Crippen LogP contribution in [-0.4, -0.2) is 19.1 Å². The average molecular weight is 543 g/mol. The molecule has 212 valence electrons. The molecule has 0 bridgehead atoms. The SMILES string of the molecule is CCCCCCCCCCCCCCCCCCC1Nc2cc(S(=O)(=O)O)ccc2N1Cc1ccccc1. The predicted molar refractivity (Wildman–Crippen MR) is 160 cm³/mol. The highest BCUT2D eigenvalue weighted by atomic mass is 32.2. The van der Waals surface area contributed by atoms with Crippen LogP contribution in [0.4, 0.5) is 11.4 Å². The van der Waals surface area contributed by atoms with E-state index in [1.807, 2.05) is 24.3 Å². The molecule has 2 aromatic carbocycles. The van der Waals surface area contributed by atoms with Crippen molar-refractivity contribution < 1.29 is 13.0 Å². The highest BCUT2D eigenvalue weighted by molar-refractivity contribution is 7.85. The Morgan fingerprint density at radius 2 is 1.26 bits per heavy atom. The first-order valence-corrected chi connectivity index (χ1v) is 16.6. The second kappa shape index (κ2) is 16.8. The Bertz CT molecular complexity index is 1030. The summed E-state index contributed by atoms with van der Waals surface area (Å²) in [4.78, 5) is 2.26. The summed E-state index contributed by atoms with van der Waals surface area (Å²) >= 11 is 0. The minimum Gasteiger partial charge on any atom is -0.363 e. The molecule has 6 heteroatoms. The largest absolute Gasteiger partial charge is 0.363 e. The molecule has 1 heterocycles. The molecule has 38 heavy (non-hydrogen) atoms. The van der Waals surface area contributed by atoms with Gasteiger partial charge in [0.2, 0.25) is 0 Å². The van der Waals surface area contributed by atoms with Crippen molar-refractivity contribution in [2.24, 2.45) is 0 Å². The van der Waals surface area contributed by atoms with Gasteiger partial charge in [0.1, 0.15) is 0 Å². The van der Waals surface area contributed by atoms with E-state index in [1.54, 1.807) is 6.07 Å². The van der Waals surface area contributed by atoms with E-state index in [9.17, 15) is 13.0 Å². The lowest BCUT2D eigenvalue weighted by molar-refractivity contribution is 0.483. The summed E-state index contributed by atoms with van der Waals surface area (Å²) in [5.41, 5.74) is 2.98. The van der Waals surface area contributed by atoms with Gasteiger partial charge in [-0.2, -0.15) is 8.42 Å². The third kappa shape index (κ3) is 10.6. The molecule has 0 saturated heterocycles. The first-order valence-electron chi connectivity index (χ1n) is 15.2. The fraction of sp³-hybridized carbons (Fsp3) is 0.625. The Hall–Kier alpha value is -2.05. The fourth-order valence-corrected chi connectivity index (χ4v) is 6.06. The Morgan fingerprint density at radius 3 is 1.79 bits per heavy atom. The number of unbranched alkanes of at least 4 members (excludes halogenated alkanes) is 15. The van der Waals surface area contributed by atoms with Gasteiger partial charge in [-0.15, -0.1) is 0 Å². The van der Waals surface area contributed by atoms with Crippen LogP contribution in [0.1, 0.15) is 122 Å². The van der Waals surface area contributed by atoms with Crippen molar-refractivity contribution in [3.05, 3.63) is 54.1 Å². The second-order valence-corrected chi connectivity index (χ2v) is 12.4. The second-order valence-electron chi connectivity index (χ2n) is 11.0. The third-order valence-corrected chi connectivity index (χ3v) is 8.65. The Labute approximate surface area is 232 Å². The van der Waals surface area contributed by atoms with Crippen molar-refractivity contribution in [1.82, 2.24) is 0 Å².